The van der Waals surface area contributed by atoms with E-state index in [0.29, 0.717) is 27.7 Å². The number of nitrogens with one attached hydrogen (secondary N) is 2. The van der Waals surface area contributed by atoms with Crippen molar-refractivity contribution in [2.45, 2.75) is 6.92 Å². The number of nitrogens with two attached hydrogens (primary N) is 2. The molecule has 0 radical (unpaired) electrons. The quantitative estimate of drug-likeness (QED) is 0.556. The minimum Gasteiger partial charge on any atom is -0.380 e. The lowest BCUT2D eigenvalue weighted by molar-refractivity contribution is 0.100. The SMILES string of the molecule is Cc1ccc(C(N)=O)cc1-c1cc2[nH]nc(N)c2[nH]c1=O. The highest BCUT2D eigenvalue weighted by atomic mass is 16.1. The maximum atomic E-state index is 12.2. The second-order valence-electron chi connectivity index (χ2n) is 4.80. The zero-order valence-corrected chi connectivity index (χ0v) is 11.2. The highest BCUT2D eigenvalue weighted by molar-refractivity contribution is 5.95. The molecule has 1 amide bonds. The first-order valence-electron chi connectivity index (χ1n) is 6.25. The monoisotopic (exact) mass is 283 g/mol. The molecule has 3 aromatic rings. The van der Waals surface area contributed by atoms with Crippen LogP contribution in [-0.2, 0) is 0 Å². The Morgan fingerprint density at radius 1 is 1.24 bits per heavy atom. The van der Waals surface area contributed by atoms with E-state index in [0.717, 1.165) is 5.56 Å². The number of aromatic nitrogens is 3. The summed E-state index contributed by atoms with van der Waals surface area (Å²) in [5.41, 5.74) is 14.0. The van der Waals surface area contributed by atoms with Crippen molar-refractivity contribution in [3.8, 4) is 11.1 Å². The van der Waals surface area contributed by atoms with Gasteiger partial charge in [0.25, 0.3) is 5.56 Å². The molecule has 2 aromatic heterocycles. The first kappa shape index (κ1) is 12.9. The first-order valence-corrected chi connectivity index (χ1v) is 6.25. The Hall–Kier alpha value is -3.09. The summed E-state index contributed by atoms with van der Waals surface area (Å²) in [4.78, 5) is 26.2. The molecule has 106 valence electrons. The Balaban J connectivity index is 2.29. The van der Waals surface area contributed by atoms with Gasteiger partial charge < -0.3 is 16.5 Å². The molecule has 0 atom stereocenters. The van der Waals surface area contributed by atoms with E-state index in [4.69, 9.17) is 11.5 Å². The van der Waals surface area contributed by atoms with Crippen LogP contribution in [0.3, 0.4) is 0 Å². The van der Waals surface area contributed by atoms with Gasteiger partial charge in [-0.3, -0.25) is 14.7 Å². The highest BCUT2D eigenvalue weighted by Crippen LogP contribution is 2.24. The minimum absolute atomic E-state index is 0.233. The summed E-state index contributed by atoms with van der Waals surface area (Å²) >= 11 is 0. The summed E-state index contributed by atoms with van der Waals surface area (Å²) in [7, 11) is 0. The third kappa shape index (κ3) is 2.04. The normalized spacial score (nSPS) is 10.9. The number of carbonyl (C=O) groups is 1. The van der Waals surface area contributed by atoms with Crippen LogP contribution >= 0.6 is 0 Å². The number of rotatable bonds is 2. The molecule has 0 saturated carbocycles. The number of nitrogen functional groups attached to an aromatic ring is 1. The fourth-order valence-corrected chi connectivity index (χ4v) is 2.26. The Labute approximate surface area is 119 Å². The molecule has 7 nitrogen and oxygen atoms in total. The number of fused-ring (bicyclic) bond motifs is 1. The number of hydrogen-bond acceptors (Lipinski definition) is 4. The smallest absolute Gasteiger partial charge is 0.256 e. The average Bonchev–Trinajstić information content (AvgIpc) is 2.79. The summed E-state index contributed by atoms with van der Waals surface area (Å²) in [6, 6.07) is 6.64. The van der Waals surface area contributed by atoms with Crippen LogP contribution in [0.5, 0.6) is 0 Å². The molecule has 0 fully saturated rings. The molecule has 0 unspecified atom stereocenters. The van der Waals surface area contributed by atoms with Gasteiger partial charge in [0.1, 0.15) is 5.52 Å². The zero-order valence-electron chi connectivity index (χ0n) is 11.2. The number of pyridine rings is 1. The number of primary amides is 1. The fraction of sp³-hybridized carbons (Fsp3) is 0.0714. The number of aromatic amines is 2. The molecule has 7 heteroatoms. The lowest BCUT2D eigenvalue weighted by Crippen LogP contribution is -2.13. The van der Waals surface area contributed by atoms with Gasteiger partial charge in [0.15, 0.2) is 5.82 Å². The van der Waals surface area contributed by atoms with E-state index in [-0.39, 0.29) is 11.4 Å². The largest absolute Gasteiger partial charge is 0.380 e. The van der Waals surface area contributed by atoms with Gasteiger partial charge in [-0.1, -0.05) is 6.07 Å². The molecule has 0 spiro atoms. The van der Waals surface area contributed by atoms with Gasteiger partial charge in [-0.15, -0.1) is 0 Å². The molecule has 0 aliphatic rings. The van der Waals surface area contributed by atoms with Crippen LogP contribution < -0.4 is 17.0 Å². The molecule has 0 aliphatic heterocycles. The number of anilines is 1. The van der Waals surface area contributed by atoms with Crippen molar-refractivity contribution >= 4 is 22.8 Å². The van der Waals surface area contributed by atoms with Crippen molar-refractivity contribution in [2.24, 2.45) is 5.73 Å². The van der Waals surface area contributed by atoms with Crippen molar-refractivity contribution in [2.75, 3.05) is 5.73 Å². The molecular formula is C14H13N5O2. The van der Waals surface area contributed by atoms with Gasteiger partial charge in [-0.05, 0) is 36.2 Å². The molecule has 3 rings (SSSR count). The third-order valence-corrected chi connectivity index (χ3v) is 3.41. The van der Waals surface area contributed by atoms with E-state index in [9.17, 15) is 9.59 Å². The Kier molecular flexibility index (Phi) is 2.76. The highest BCUT2D eigenvalue weighted by Gasteiger charge is 2.13. The third-order valence-electron chi connectivity index (χ3n) is 3.41. The molecule has 1 aromatic carbocycles. The summed E-state index contributed by atoms with van der Waals surface area (Å²) in [5.74, 6) is -0.309. The molecular weight excluding hydrogens is 270 g/mol. The van der Waals surface area contributed by atoms with Gasteiger partial charge in [-0.25, -0.2) is 0 Å². The molecule has 0 bridgehead atoms. The fourth-order valence-electron chi connectivity index (χ4n) is 2.26. The van der Waals surface area contributed by atoms with Crippen LogP contribution in [0.2, 0.25) is 0 Å². The number of carbonyl (C=O) groups excluding carboxylic acids is 1. The molecule has 21 heavy (non-hydrogen) atoms. The van der Waals surface area contributed by atoms with Crippen LogP contribution in [0.15, 0.2) is 29.1 Å². The van der Waals surface area contributed by atoms with Crippen molar-refractivity contribution in [3.63, 3.8) is 0 Å². The van der Waals surface area contributed by atoms with Gasteiger partial charge in [0, 0.05) is 11.1 Å². The Morgan fingerprint density at radius 3 is 2.71 bits per heavy atom. The van der Waals surface area contributed by atoms with Crippen molar-refractivity contribution in [3.05, 3.63) is 45.7 Å². The van der Waals surface area contributed by atoms with Gasteiger partial charge >= 0.3 is 0 Å². The minimum atomic E-state index is -0.542. The first-order chi connectivity index (χ1) is 9.97. The maximum absolute atomic E-state index is 12.2. The molecule has 0 saturated heterocycles. The summed E-state index contributed by atoms with van der Waals surface area (Å²) < 4.78 is 0. The van der Waals surface area contributed by atoms with E-state index in [2.05, 4.69) is 15.2 Å². The van der Waals surface area contributed by atoms with Gasteiger partial charge in [0.05, 0.1) is 5.52 Å². The van der Waals surface area contributed by atoms with E-state index < -0.39 is 5.91 Å². The standard InChI is InChI=1S/C14H13N5O2/c1-6-2-3-7(13(16)20)4-8(6)9-5-10-11(17-14(9)21)12(15)19-18-10/h2-5H,1H3,(H2,16,20)(H,17,21)(H3,15,18,19). The van der Waals surface area contributed by atoms with Crippen molar-refractivity contribution in [1.29, 1.82) is 0 Å². The summed E-state index contributed by atoms with van der Waals surface area (Å²) in [5, 5.41) is 6.59. The zero-order chi connectivity index (χ0) is 15.1. The van der Waals surface area contributed by atoms with Gasteiger partial charge in [-0.2, -0.15) is 5.10 Å². The number of H-pyrrole nitrogens is 2. The number of nitrogens with zero attached hydrogens (tertiary/aromatic N) is 1. The Morgan fingerprint density at radius 2 is 2.00 bits per heavy atom. The predicted octanol–water partition coefficient (Wildman–Crippen LogP) is 0.908. The van der Waals surface area contributed by atoms with Crippen LogP contribution in [0, 0.1) is 6.92 Å². The molecule has 2 heterocycles. The second kappa shape index (κ2) is 4.48. The van der Waals surface area contributed by atoms with Crippen LogP contribution in [0.1, 0.15) is 15.9 Å². The lowest BCUT2D eigenvalue weighted by Gasteiger charge is -2.07. The number of hydrogen-bond donors (Lipinski definition) is 4. The maximum Gasteiger partial charge on any atom is 0.256 e. The van der Waals surface area contributed by atoms with Crippen LogP contribution in [0.25, 0.3) is 22.2 Å². The predicted molar refractivity (Wildman–Crippen MR) is 79.8 cm³/mol. The van der Waals surface area contributed by atoms with Crippen molar-refractivity contribution < 1.29 is 4.79 Å². The lowest BCUT2D eigenvalue weighted by atomic mass is 9.98. The second-order valence-corrected chi connectivity index (χ2v) is 4.80. The molecule has 0 aliphatic carbocycles. The summed E-state index contributed by atoms with van der Waals surface area (Å²) in [6.07, 6.45) is 0. The van der Waals surface area contributed by atoms with E-state index in [1.807, 2.05) is 6.92 Å². The molecule has 6 N–H and O–H groups in total. The Bertz CT molecular complexity index is 923. The number of benzene rings is 1. The van der Waals surface area contributed by atoms with Gasteiger partial charge in [0.2, 0.25) is 5.91 Å². The van der Waals surface area contributed by atoms with E-state index >= 15 is 0 Å². The van der Waals surface area contributed by atoms with Crippen LogP contribution in [0.4, 0.5) is 5.82 Å². The number of aryl methyl sites for hydroxylation is 1. The summed E-state index contributed by atoms with van der Waals surface area (Å²) in [6.45, 7) is 1.85. The topological polar surface area (TPSA) is 131 Å². The van der Waals surface area contributed by atoms with Crippen molar-refractivity contribution in [1.82, 2.24) is 15.2 Å². The van der Waals surface area contributed by atoms with E-state index in [1.165, 1.54) is 0 Å². The average molecular weight is 283 g/mol. The number of amides is 1. The van der Waals surface area contributed by atoms with E-state index in [1.54, 1.807) is 24.3 Å². The van der Waals surface area contributed by atoms with Crippen LogP contribution in [-0.4, -0.2) is 21.1 Å².